The summed E-state index contributed by atoms with van der Waals surface area (Å²) in [7, 11) is 0. The number of thiazole rings is 1. The number of esters is 1. The maximum Gasteiger partial charge on any atom is 0.308 e. The number of aromatic nitrogens is 1. The summed E-state index contributed by atoms with van der Waals surface area (Å²) in [4.78, 5) is 29.6. The number of ether oxygens (including phenoxy) is 2. The summed E-state index contributed by atoms with van der Waals surface area (Å²) in [6.45, 7) is 4.39. The van der Waals surface area contributed by atoms with Gasteiger partial charge >= 0.3 is 5.97 Å². The predicted octanol–water partition coefficient (Wildman–Crippen LogP) is 2.16. The van der Waals surface area contributed by atoms with E-state index in [0.717, 1.165) is 18.1 Å². The fraction of sp³-hybridized carbons (Fsp3) is 0.312. The third-order valence-electron chi connectivity index (χ3n) is 3.41. The fourth-order valence-electron chi connectivity index (χ4n) is 2.26. The average molecular weight is 347 g/mol. The van der Waals surface area contributed by atoms with Crippen LogP contribution in [-0.4, -0.2) is 43.2 Å². The number of amides is 1. The Morgan fingerprint density at radius 3 is 2.62 bits per heavy atom. The Labute approximate surface area is 143 Å². The summed E-state index contributed by atoms with van der Waals surface area (Å²) in [5.74, 6) is -0.249. The molecule has 1 aliphatic heterocycles. The van der Waals surface area contributed by atoms with Crippen LogP contribution in [0.3, 0.4) is 0 Å². The monoisotopic (exact) mass is 347 g/mol. The van der Waals surface area contributed by atoms with Crippen LogP contribution in [0.2, 0.25) is 0 Å². The molecule has 1 aromatic heterocycles. The Hall–Kier alpha value is -2.45. The van der Waals surface area contributed by atoms with Gasteiger partial charge in [-0.1, -0.05) is 11.3 Å². The molecular formula is C16H17N3O4S. The minimum absolute atomic E-state index is 0.257. The molecule has 2 aromatic rings. The second-order valence-electron chi connectivity index (χ2n) is 5.18. The Morgan fingerprint density at radius 1 is 1.25 bits per heavy atom. The van der Waals surface area contributed by atoms with Gasteiger partial charge in [-0.25, -0.2) is 4.98 Å². The van der Waals surface area contributed by atoms with E-state index in [1.54, 1.807) is 30.5 Å². The van der Waals surface area contributed by atoms with Gasteiger partial charge < -0.3 is 14.4 Å². The molecule has 1 fully saturated rings. The Balaban J connectivity index is 1.62. The number of hydrogen-bond donors (Lipinski definition) is 1. The molecule has 126 valence electrons. The molecule has 1 amide bonds. The molecule has 8 heteroatoms. The lowest BCUT2D eigenvalue weighted by Crippen LogP contribution is -2.35. The highest BCUT2D eigenvalue weighted by atomic mass is 32.1. The normalized spacial score (nSPS) is 14.3. The molecule has 1 aliphatic rings. The molecule has 0 bridgehead atoms. The molecule has 1 N–H and O–H groups in total. The third-order valence-corrected chi connectivity index (χ3v) is 4.39. The minimum Gasteiger partial charge on any atom is -0.427 e. The van der Waals surface area contributed by atoms with Crippen LogP contribution in [0, 0.1) is 0 Å². The molecule has 24 heavy (non-hydrogen) atoms. The summed E-state index contributed by atoms with van der Waals surface area (Å²) in [5.41, 5.74) is 0.467. The molecule has 0 saturated carbocycles. The highest BCUT2D eigenvalue weighted by Gasteiger charge is 2.15. The fourth-order valence-corrected chi connectivity index (χ4v) is 3.13. The first-order valence-corrected chi connectivity index (χ1v) is 8.32. The van der Waals surface area contributed by atoms with E-state index in [1.165, 1.54) is 18.3 Å². The molecule has 1 aromatic carbocycles. The van der Waals surface area contributed by atoms with Gasteiger partial charge in [0, 0.05) is 25.6 Å². The van der Waals surface area contributed by atoms with Crippen molar-refractivity contribution < 1.29 is 19.1 Å². The van der Waals surface area contributed by atoms with Gasteiger partial charge in [-0.15, -0.1) is 0 Å². The maximum atomic E-state index is 12.2. The molecule has 0 unspecified atom stereocenters. The van der Waals surface area contributed by atoms with Crippen LogP contribution in [0.1, 0.15) is 17.3 Å². The highest BCUT2D eigenvalue weighted by Crippen LogP contribution is 2.28. The summed E-state index contributed by atoms with van der Waals surface area (Å²) < 4.78 is 10.3. The predicted molar refractivity (Wildman–Crippen MR) is 90.9 cm³/mol. The van der Waals surface area contributed by atoms with Gasteiger partial charge in [0.25, 0.3) is 5.91 Å². The van der Waals surface area contributed by atoms with E-state index in [-0.39, 0.29) is 5.91 Å². The molecule has 0 aliphatic carbocycles. The molecule has 2 heterocycles. The van der Waals surface area contributed by atoms with Crippen LogP contribution >= 0.6 is 11.3 Å². The number of rotatable bonds is 4. The second-order valence-corrected chi connectivity index (χ2v) is 6.18. The van der Waals surface area contributed by atoms with Crippen molar-refractivity contribution in [3.63, 3.8) is 0 Å². The van der Waals surface area contributed by atoms with Crippen molar-refractivity contribution in [3.8, 4) is 5.75 Å². The molecule has 1 saturated heterocycles. The Bertz CT molecular complexity index is 723. The number of morpholine rings is 1. The first-order chi connectivity index (χ1) is 11.6. The number of benzene rings is 1. The van der Waals surface area contributed by atoms with Gasteiger partial charge in [-0.05, 0) is 24.3 Å². The summed E-state index contributed by atoms with van der Waals surface area (Å²) in [5, 5.41) is 4.34. The lowest BCUT2D eigenvalue weighted by Gasteiger charge is -2.26. The molecule has 0 spiro atoms. The van der Waals surface area contributed by atoms with Gasteiger partial charge in [-0.2, -0.15) is 0 Å². The van der Waals surface area contributed by atoms with E-state index in [4.69, 9.17) is 9.47 Å². The van der Waals surface area contributed by atoms with E-state index < -0.39 is 5.97 Å². The lowest BCUT2D eigenvalue weighted by atomic mass is 10.2. The highest BCUT2D eigenvalue weighted by molar-refractivity contribution is 7.19. The van der Waals surface area contributed by atoms with E-state index in [2.05, 4.69) is 15.2 Å². The summed E-state index contributed by atoms with van der Waals surface area (Å²) in [6.07, 6.45) is 1.76. The molecule has 0 atom stereocenters. The topological polar surface area (TPSA) is 80.8 Å². The average Bonchev–Trinajstić information content (AvgIpc) is 3.04. The van der Waals surface area contributed by atoms with Crippen LogP contribution in [-0.2, 0) is 9.53 Å². The number of carbonyl (C=O) groups excluding carboxylic acids is 2. The van der Waals surface area contributed by atoms with Crippen molar-refractivity contribution in [3.05, 3.63) is 36.0 Å². The smallest absolute Gasteiger partial charge is 0.308 e. The first-order valence-electron chi connectivity index (χ1n) is 7.50. The Morgan fingerprint density at radius 2 is 1.96 bits per heavy atom. The van der Waals surface area contributed by atoms with E-state index in [9.17, 15) is 9.59 Å². The molecule has 3 rings (SSSR count). The molecule has 0 radical (unpaired) electrons. The van der Waals surface area contributed by atoms with Gasteiger partial charge in [-0.3, -0.25) is 14.9 Å². The number of carbonyl (C=O) groups is 2. The lowest BCUT2D eigenvalue weighted by molar-refractivity contribution is -0.131. The van der Waals surface area contributed by atoms with Crippen molar-refractivity contribution >= 4 is 33.3 Å². The van der Waals surface area contributed by atoms with Crippen LogP contribution in [0.5, 0.6) is 5.75 Å². The zero-order valence-corrected chi connectivity index (χ0v) is 14.0. The number of hydrogen-bond acceptors (Lipinski definition) is 7. The zero-order valence-electron chi connectivity index (χ0n) is 13.2. The SMILES string of the molecule is CC(=O)Oc1ccc(C(=O)Nc2ncc(N3CCOCC3)s2)cc1. The first kappa shape index (κ1) is 16.4. The minimum atomic E-state index is -0.398. The van der Waals surface area contributed by atoms with Crippen LogP contribution in [0.25, 0.3) is 0 Å². The van der Waals surface area contributed by atoms with E-state index >= 15 is 0 Å². The van der Waals surface area contributed by atoms with Gasteiger partial charge in [0.15, 0.2) is 5.13 Å². The maximum absolute atomic E-state index is 12.2. The summed E-state index contributed by atoms with van der Waals surface area (Å²) in [6, 6.07) is 6.36. The van der Waals surface area contributed by atoms with E-state index in [1.807, 2.05) is 0 Å². The molecular weight excluding hydrogens is 330 g/mol. The van der Waals surface area contributed by atoms with Gasteiger partial charge in [0.05, 0.1) is 19.4 Å². The van der Waals surface area contributed by atoms with Crippen molar-refractivity contribution in [1.82, 2.24) is 4.98 Å². The van der Waals surface area contributed by atoms with Crippen molar-refractivity contribution in [1.29, 1.82) is 0 Å². The van der Waals surface area contributed by atoms with E-state index in [0.29, 0.717) is 29.7 Å². The second kappa shape index (κ2) is 7.41. The summed E-state index contributed by atoms with van der Waals surface area (Å²) >= 11 is 1.43. The van der Waals surface area contributed by atoms with Crippen molar-refractivity contribution in [2.24, 2.45) is 0 Å². The largest absolute Gasteiger partial charge is 0.427 e. The number of nitrogens with zero attached hydrogens (tertiary/aromatic N) is 2. The van der Waals surface area contributed by atoms with Crippen LogP contribution in [0.4, 0.5) is 10.1 Å². The quantitative estimate of drug-likeness (QED) is 0.674. The Kier molecular flexibility index (Phi) is 5.07. The standard InChI is InChI=1S/C16H17N3O4S/c1-11(20)23-13-4-2-12(3-5-13)15(21)18-16-17-10-14(24-16)19-6-8-22-9-7-19/h2-5,10H,6-9H2,1H3,(H,17,18,21). The number of nitrogens with one attached hydrogen (secondary N) is 1. The molecule has 7 nitrogen and oxygen atoms in total. The zero-order chi connectivity index (χ0) is 16.9. The van der Waals surface area contributed by atoms with Crippen molar-refractivity contribution in [2.45, 2.75) is 6.92 Å². The number of anilines is 2. The van der Waals surface area contributed by atoms with Crippen molar-refractivity contribution in [2.75, 3.05) is 36.5 Å². The third kappa shape index (κ3) is 4.09. The van der Waals surface area contributed by atoms with Crippen LogP contribution < -0.4 is 15.0 Å². The van der Waals surface area contributed by atoms with Gasteiger partial charge in [0.2, 0.25) is 0 Å². The van der Waals surface area contributed by atoms with Crippen LogP contribution in [0.15, 0.2) is 30.5 Å². The van der Waals surface area contributed by atoms with Gasteiger partial charge in [0.1, 0.15) is 10.8 Å².